The van der Waals surface area contributed by atoms with E-state index in [4.69, 9.17) is 0 Å². The molecule has 0 saturated heterocycles. The number of benzene rings is 1. The summed E-state index contributed by atoms with van der Waals surface area (Å²) in [6, 6.07) is 9.46. The first-order valence-electron chi connectivity index (χ1n) is 5.57. The first-order valence-corrected chi connectivity index (χ1v) is 6.02. The van der Waals surface area contributed by atoms with Gasteiger partial charge >= 0.3 is 0 Å². The number of aldehydes is 1. The average molecular weight is 250 g/mol. The van der Waals surface area contributed by atoms with Crippen LogP contribution in [0.2, 0.25) is 0 Å². The maximum absolute atomic E-state index is 12.2. The van der Waals surface area contributed by atoms with E-state index in [1.807, 2.05) is 30.3 Å². The highest BCUT2D eigenvalue weighted by Crippen LogP contribution is 2.29. The van der Waals surface area contributed by atoms with Crippen LogP contribution in [0.15, 0.2) is 30.3 Å². The van der Waals surface area contributed by atoms with Crippen LogP contribution in [0.3, 0.4) is 0 Å². The number of Topliss-reactive ketones (excluding diaryl/α,β-unsaturated/α-hetero) is 1. The van der Waals surface area contributed by atoms with Gasteiger partial charge < -0.3 is 4.79 Å². The summed E-state index contributed by atoms with van der Waals surface area (Å²) in [6.45, 7) is 5.40. The largest absolute Gasteiger partial charge is 0.301 e. The summed E-state index contributed by atoms with van der Waals surface area (Å²) >= 11 is 4.30. The summed E-state index contributed by atoms with van der Waals surface area (Å²) in [7, 11) is 0. The van der Waals surface area contributed by atoms with Crippen molar-refractivity contribution in [2.45, 2.75) is 31.9 Å². The molecule has 0 spiro atoms. The van der Waals surface area contributed by atoms with Crippen molar-refractivity contribution in [1.82, 2.24) is 0 Å². The number of thiol groups is 1. The van der Waals surface area contributed by atoms with E-state index >= 15 is 0 Å². The lowest BCUT2D eigenvalue weighted by atomic mass is 9.80. The molecule has 0 amide bonds. The summed E-state index contributed by atoms with van der Waals surface area (Å²) in [6.07, 6.45) is 0.979. The van der Waals surface area contributed by atoms with E-state index in [2.05, 4.69) is 12.6 Å². The van der Waals surface area contributed by atoms with Crippen molar-refractivity contribution in [2.75, 3.05) is 0 Å². The van der Waals surface area contributed by atoms with Gasteiger partial charge in [-0.25, -0.2) is 0 Å². The van der Waals surface area contributed by atoms with Crippen LogP contribution >= 0.6 is 12.6 Å². The minimum absolute atomic E-state index is 0.146. The van der Waals surface area contributed by atoms with Crippen LogP contribution in [0.5, 0.6) is 0 Å². The SMILES string of the molecule is CC(C)(C)C(=O)C(S)(C=O)Cc1ccccc1. The summed E-state index contributed by atoms with van der Waals surface area (Å²) in [5, 5.41) is 0. The average Bonchev–Trinajstić information content (AvgIpc) is 2.28. The van der Waals surface area contributed by atoms with Gasteiger partial charge in [-0.05, 0) is 5.56 Å². The Balaban J connectivity index is 2.98. The minimum atomic E-state index is -1.24. The molecule has 0 aliphatic heterocycles. The van der Waals surface area contributed by atoms with E-state index in [0.717, 1.165) is 5.56 Å². The Bertz CT molecular complexity index is 406. The number of carbonyl (C=O) groups is 2. The molecule has 1 atom stereocenters. The van der Waals surface area contributed by atoms with Gasteiger partial charge in [0.25, 0.3) is 0 Å². The molecule has 0 fully saturated rings. The third-order valence-electron chi connectivity index (χ3n) is 2.59. The van der Waals surface area contributed by atoms with Crippen LogP contribution < -0.4 is 0 Å². The van der Waals surface area contributed by atoms with Gasteiger partial charge in [-0.2, -0.15) is 12.6 Å². The molecule has 0 aromatic heterocycles. The van der Waals surface area contributed by atoms with Gasteiger partial charge in [0.2, 0.25) is 0 Å². The molecular formula is C14H18O2S. The van der Waals surface area contributed by atoms with E-state index in [9.17, 15) is 9.59 Å². The van der Waals surface area contributed by atoms with Crippen molar-refractivity contribution in [2.24, 2.45) is 5.41 Å². The van der Waals surface area contributed by atoms with E-state index in [1.54, 1.807) is 20.8 Å². The summed E-state index contributed by atoms with van der Waals surface area (Å²) in [4.78, 5) is 23.4. The van der Waals surface area contributed by atoms with Crippen molar-refractivity contribution in [3.63, 3.8) is 0 Å². The normalized spacial score (nSPS) is 15.1. The maximum Gasteiger partial charge on any atom is 0.161 e. The molecule has 0 radical (unpaired) electrons. The van der Waals surface area contributed by atoms with Gasteiger partial charge in [0.05, 0.1) is 0 Å². The van der Waals surface area contributed by atoms with Crippen LogP contribution in [0, 0.1) is 5.41 Å². The molecule has 1 aromatic rings. The fraction of sp³-hybridized carbons (Fsp3) is 0.429. The lowest BCUT2D eigenvalue weighted by Gasteiger charge is -2.28. The highest BCUT2D eigenvalue weighted by Gasteiger charge is 2.40. The van der Waals surface area contributed by atoms with Crippen LogP contribution in [0.1, 0.15) is 26.3 Å². The molecule has 1 unspecified atom stereocenters. The zero-order chi connectivity index (χ0) is 13.1. The van der Waals surface area contributed by atoms with Crippen LogP contribution in [-0.2, 0) is 16.0 Å². The molecule has 0 heterocycles. The zero-order valence-corrected chi connectivity index (χ0v) is 11.3. The fourth-order valence-corrected chi connectivity index (χ4v) is 2.25. The molecule has 92 valence electrons. The highest BCUT2D eigenvalue weighted by molar-refractivity contribution is 7.83. The molecule has 0 aliphatic carbocycles. The second kappa shape index (κ2) is 5.05. The van der Waals surface area contributed by atoms with Gasteiger partial charge in [-0.15, -0.1) is 0 Å². The number of rotatable bonds is 4. The molecular weight excluding hydrogens is 232 g/mol. The Morgan fingerprint density at radius 3 is 2.18 bits per heavy atom. The van der Waals surface area contributed by atoms with Crippen molar-refractivity contribution in [3.8, 4) is 0 Å². The van der Waals surface area contributed by atoms with Crippen molar-refractivity contribution >= 4 is 24.7 Å². The van der Waals surface area contributed by atoms with Crippen LogP contribution in [0.25, 0.3) is 0 Å². The van der Waals surface area contributed by atoms with Gasteiger partial charge in [0, 0.05) is 11.8 Å². The highest BCUT2D eigenvalue weighted by atomic mass is 32.1. The maximum atomic E-state index is 12.2. The van der Waals surface area contributed by atoms with Crippen molar-refractivity contribution in [3.05, 3.63) is 35.9 Å². The predicted octanol–water partition coefficient (Wildman–Crippen LogP) is 2.71. The van der Waals surface area contributed by atoms with Gasteiger partial charge in [0.15, 0.2) is 5.78 Å². The van der Waals surface area contributed by atoms with Crippen molar-refractivity contribution < 1.29 is 9.59 Å². The van der Waals surface area contributed by atoms with E-state index in [-0.39, 0.29) is 5.78 Å². The molecule has 0 aliphatic rings. The Hall–Kier alpha value is -1.09. The summed E-state index contributed by atoms with van der Waals surface area (Å²) in [5.74, 6) is -0.146. The van der Waals surface area contributed by atoms with Gasteiger partial charge in [-0.3, -0.25) is 4.79 Å². The van der Waals surface area contributed by atoms with E-state index < -0.39 is 10.2 Å². The first-order chi connectivity index (χ1) is 7.79. The Morgan fingerprint density at radius 1 is 1.24 bits per heavy atom. The summed E-state index contributed by atoms with van der Waals surface area (Å²) in [5.41, 5.74) is 0.365. The molecule has 0 bridgehead atoms. The number of hydrogen-bond donors (Lipinski definition) is 1. The van der Waals surface area contributed by atoms with Gasteiger partial charge in [0.1, 0.15) is 11.0 Å². The third kappa shape index (κ3) is 3.43. The van der Waals surface area contributed by atoms with Gasteiger partial charge in [-0.1, -0.05) is 51.1 Å². The topological polar surface area (TPSA) is 34.1 Å². The lowest BCUT2D eigenvalue weighted by Crippen LogP contribution is -2.44. The minimum Gasteiger partial charge on any atom is -0.301 e. The predicted molar refractivity (Wildman–Crippen MR) is 72.4 cm³/mol. The number of carbonyl (C=O) groups excluding carboxylic acids is 2. The first kappa shape index (κ1) is 14.0. The second-order valence-corrected chi connectivity index (χ2v) is 6.08. The molecule has 3 heteroatoms. The quantitative estimate of drug-likeness (QED) is 0.506. The zero-order valence-electron chi connectivity index (χ0n) is 10.4. The van der Waals surface area contributed by atoms with Crippen LogP contribution in [0.4, 0.5) is 0 Å². The molecule has 1 aromatic carbocycles. The molecule has 0 saturated carbocycles. The van der Waals surface area contributed by atoms with E-state index in [0.29, 0.717) is 12.7 Å². The Kier molecular flexibility index (Phi) is 4.15. The van der Waals surface area contributed by atoms with Crippen LogP contribution in [-0.4, -0.2) is 16.8 Å². The smallest absolute Gasteiger partial charge is 0.161 e. The second-order valence-electron chi connectivity index (χ2n) is 5.28. The Morgan fingerprint density at radius 2 is 1.76 bits per heavy atom. The lowest BCUT2D eigenvalue weighted by molar-refractivity contribution is -0.131. The third-order valence-corrected chi connectivity index (χ3v) is 3.05. The Labute approximate surface area is 108 Å². The number of hydrogen-bond acceptors (Lipinski definition) is 3. The summed E-state index contributed by atoms with van der Waals surface area (Å²) < 4.78 is -1.24. The molecule has 17 heavy (non-hydrogen) atoms. The molecule has 0 N–H and O–H groups in total. The monoisotopic (exact) mass is 250 g/mol. The van der Waals surface area contributed by atoms with Crippen molar-refractivity contribution in [1.29, 1.82) is 0 Å². The van der Waals surface area contributed by atoms with E-state index in [1.165, 1.54) is 0 Å². The number of ketones is 1. The molecule has 2 nitrogen and oxygen atoms in total. The fourth-order valence-electron chi connectivity index (χ4n) is 1.73. The molecule has 1 rings (SSSR count). The standard InChI is InChI=1S/C14H18O2S/c1-13(2,3)12(16)14(17,10-15)9-11-7-5-4-6-8-11/h4-8,10,17H,9H2,1-3H3.